The van der Waals surface area contributed by atoms with Gasteiger partial charge in [0, 0.05) is 35.2 Å². The fraction of sp³-hybridized carbons (Fsp3) is 0.412. The van der Waals surface area contributed by atoms with Gasteiger partial charge >= 0.3 is 6.18 Å². The van der Waals surface area contributed by atoms with Crippen LogP contribution in [0.1, 0.15) is 37.4 Å². The van der Waals surface area contributed by atoms with E-state index in [-0.39, 0.29) is 17.4 Å². The lowest BCUT2D eigenvalue weighted by atomic mass is 10.0. The molecule has 1 N–H and O–H groups in total. The molecule has 2 heterocycles. The highest BCUT2D eigenvalue weighted by Crippen LogP contribution is 2.44. The van der Waals surface area contributed by atoms with E-state index >= 15 is 0 Å². The van der Waals surface area contributed by atoms with Crippen molar-refractivity contribution >= 4 is 11.7 Å². The fourth-order valence-electron chi connectivity index (χ4n) is 2.80. The molecule has 0 atom stereocenters. The third kappa shape index (κ3) is 3.02. The predicted molar refractivity (Wildman–Crippen MR) is 82.4 cm³/mol. The van der Waals surface area contributed by atoms with Crippen LogP contribution in [0.15, 0.2) is 22.7 Å². The standard InChI is InChI=1S/C17H17F3N2O2/c1-9(2)16(23)22-13-7-6-10(8-21-13)14-11-4-3-5-12(11)24-15(14)17(18,19)20/h6-9H,3-5H2,1-2H3,(H,21,22,23). The second-order valence-corrected chi connectivity index (χ2v) is 6.14. The molecule has 0 aliphatic heterocycles. The second-order valence-electron chi connectivity index (χ2n) is 6.14. The van der Waals surface area contributed by atoms with E-state index in [1.54, 1.807) is 13.8 Å². The van der Waals surface area contributed by atoms with E-state index in [4.69, 9.17) is 4.42 Å². The summed E-state index contributed by atoms with van der Waals surface area (Å²) in [7, 11) is 0. The maximum atomic E-state index is 13.3. The van der Waals surface area contributed by atoms with Crippen LogP contribution in [0.5, 0.6) is 0 Å². The number of rotatable bonds is 3. The summed E-state index contributed by atoms with van der Waals surface area (Å²) < 4.78 is 44.9. The monoisotopic (exact) mass is 338 g/mol. The molecule has 4 nitrogen and oxygen atoms in total. The third-order valence-electron chi connectivity index (χ3n) is 4.01. The van der Waals surface area contributed by atoms with Crippen molar-refractivity contribution in [2.45, 2.75) is 39.3 Å². The first kappa shape index (κ1) is 16.5. The molecule has 0 fully saturated rings. The van der Waals surface area contributed by atoms with E-state index in [0.717, 1.165) is 6.42 Å². The van der Waals surface area contributed by atoms with Gasteiger partial charge in [0.25, 0.3) is 0 Å². The average Bonchev–Trinajstić information content (AvgIpc) is 3.08. The van der Waals surface area contributed by atoms with Crippen molar-refractivity contribution < 1.29 is 22.4 Å². The number of halogens is 3. The lowest BCUT2D eigenvalue weighted by molar-refractivity contribution is -0.152. The molecule has 0 unspecified atom stereocenters. The number of furan rings is 1. The summed E-state index contributed by atoms with van der Waals surface area (Å²) in [5.41, 5.74) is 1.03. The average molecular weight is 338 g/mol. The van der Waals surface area contributed by atoms with E-state index in [0.29, 0.717) is 35.5 Å². The summed E-state index contributed by atoms with van der Waals surface area (Å²) in [6.07, 6.45) is -1.33. The first-order valence-electron chi connectivity index (χ1n) is 7.76. The summed E-state index contributed by atoms with van der Waals surface area (Å²) in [6, 6.07) is 3.03. The van der Waals surface area contributed by atoms with Gasteiger partial charge in [-0.1, -0.05) is 13.8 Å². The maximum Gasteiger partial charge on any atom is 0.450 e. The zero-order chi connectivity index (χ0) is 17.5. The van der Waals surface area contributed by atoms with E-state index < -0.39 is 11.9 Å². The Kier molecular flexibility index (Phi) is 4.11. The third-order valence-corrected chi connectivity index (χ3v) is 4.01. The molecule has 1 amide bonds. The first-order valence-corrected chi connectivity index (χ1v) is 7.76. The zero-order valence-electron chi connectivity index (χ0n) is 13.3. The van der Waals surface area contributed by atoms with Gasteiger partial charge in [0.05, 0.1) is 0 Å². The Hall–Kier alpha value is -2.31. The molecular formula is C17H17F3N2O2. The number of aryl methyl sites for hydroxylation is 1. The molecule has 2 aromatic rings. The Morgan fingerprint density at radius 1 is 1.29 bits per heavy atom. The molecule has 0 saturated heterocycles. The van der Waals surface area contributed by atoms with E-state index in [1.807, 2.05) is 0 Å². The van der Waals surface area contributed by atoms with Crippen molar-refractivity contribution in [3.8, 4) is 11.1 Å². The number of hydrogen-bond donors (Lipinski definition) is 1. The Morgan fingerprint density at radius 3 is 2.62 bits per heavy atom. The van der Waals surface area contributed by atoms with Crippen LogP contribution in [0, 0.1) is 5.92 Å². The molecule has 3 rings (SSSR count). The Labute approximate surface area is 137 Å². The van der Waals surface area contributed by atoms with Crippen LogP contribution in [0.25, 0.3) is 11.1 Å². The first-order chi connectivity index (χ1) is 11.3. The number of fused-ring (bicyclic) bond motifs is 1. The Bertz CT molecular complexity index is 761. The summed E-state index contributed by atoms with van der Waals surface area (Å²) in [5.74, 6) is -0.649. The highest BCUT2D eigenvalue weighted by Gasteiger charge is 2.41. The number of alkyl halides is 3. The molecule has 0 bridgehead atoms. The number of aromatic nitrogens is 1. The van der Waals surface area contributed by atoms with E-state index in [1.165, 1.54) is 18.3 Å². The van der Waals surface area contributed by atoms with Crippen molar-refractivity contribution in [1.29, 1.82) is 0 Å². The van der Waals surface area contributed by atoms with Crippen molar-refractivity contribution in [1.82, 2.24) is 4.98 Å². The molecule has 1 aliphatic carbocycles. The van der Waals surface area contributed by atoms with Crippen LogP contribution in [-0.2, 0) is 23.8 Å². The van der Waals surface area contributed by atoms with Crippen LogP contribution >= 0.6 is 0 Å². The fourth-order valence-corrected chi connectivity index (χ4v) is 2.80. The number of amides is 1. The molecular weight excluding hydrogens is 321 g/mol. The van der Waals surface area contributed by atoms with Gasteiger partial charge in [0.1, 0.15) is 11.6 Å². The smallest absolute Gasteiger partial charge is 0.450 e. The van der Waals surface area contributed by atoms with E-state index in [9.17, 15) is 18.0 Å². The molecule has 0 saturated carbocycles. The van der Waals surface area contributed by atoms with Crippen LogP contribution < -0.4 is 5.32 Å². The summed E-state index contributed by atoms with van der Waals surface area (Å²) in [6.45, 7) is 3.49. The van der Waals surface area contributed by atoms with Crippen molar-refractivity contribution in [3.63, 3.8) is 0 Å². The molecule has 0 aromatic carbocycles. The molecule has 0 radical (unpaired) electrons. The minimum absolute atomic E-state index is 0.0734. The largest absolute Gasteiger partial charge is 0.456 e. The minimum Gasteiger partial charge on any atom is -0.456 e. The molecule has 0 spiro atoms. The number of nitrogens with one attached hydrogen (secondary N) is 1. The van der Waals surface area contributed by atoms with Gasteiger partial charge < -0.3 is 9.73 Å². The highest BCUT2D eigenvalue weighted by atomic mass is 19.4. The topological polar surface area (TPSA) is 55.1 Å². The lowest BCUT2D eigenvalue weighted by Gasteiger charge is -2.10. The van der Waals surface area contributed by atoms with Gasteiger partial charge in [-0.3, -0.25) is 4.79 Å². The van der Waals surface area contributed by atoms with Gasteiger partial charge in [-0.15, -0.1) is 0 Å². The Balaban J connectivity index is 1.96. The molecule has 24 heavy (non-hydrogen) atoms. The molecule has 128 valence electrons. The van der Waals surface area contributed by atoms with Gasteiger partial charge in [0.2, 0.25) is 11.7 Å². The second kappa shape index (κ2) is 5.96. The number of hydrogen-bond acceptors (Lipinski definition) is 3. The van der Waals surface area contributed by atoms with Crippen LogP contribution in [0.4, 0.5) is 19.0 Å². The zero-order valence-corrected chi connectivity index (χ0v) is 13.3. The van der Waals surface area contributed by atoms with Gasteiger partial charge in [-0.25, -0.2) is 4.98 Å². The number of pyridine rings is 1. The summed E-state index contributed by atoms with van der Waals surface area (Å²) in [5, 5.41) is 2.62. The summed E-state index contributed by atoms with van der Waals surface area (Å²) in [4.78, 5) is 15.7. The molecule has 7 heteroatoms. The minimum atomic E-state index is -4.55. The van der Waals surface area contributed by atoms with Gasteiger partial charge in [-0.2, -0.15) is 13.2 Å². The highest BCUT2D eigenvalue weighted by molar-refractivity contribution is 5.91. The Morgan fingerprint density at radius 2 is 2.04 bits per heavy atom. The quantitative estimate of drug-likeness (QED) is 0.900. The van der Waals surface area contributed by atoms with Crippen molar-refractivity contribution in [2.24, 2.45) is 5.92 Å². The predicted octanol–water partition coefficient (Wildman–Crippen LogP) is 4.44. The molecule has 1 aliphatic rings. The number of anilines is 1. The van der Waals surface area contributed by atoms with Crippen molar-refractivity contribution in [3.05, 3.63) is 35.4 Å². The van der Waals surface area contributed by atoms with Crippen molar-refractivity contribution in [2.75, 3.05) is 5.32 Å². The van der Waals surface area contributed by atoms with Gasteiger partial charge in [0.15, 0.2) is 0 Å². The lowest BCUT2D eigenvalue weighted by Crippen LogP contribution is -2.18. The normalized spacial score (nSPS) is 14.1. The molecule has 2 aromatic heterocycles. The number of carbonyl (C=O) groups is 1. The van der Waals surface area contributed by atoms with Crippen LogP contribution in [0.2, 0.25) is 0 Å². The van der Waals surface area contributed by atoms with E-state index in [2.05, 4.69) is 10.3 Å². The maximum absolute atomic E-state index is 13.3. The van der Waals surface area contributed by atoms with Crippen LogP contribution in [0.3, 0.4) is 0 Å². The number of nitrogens with zero attached hydrogens (tertiary/aromatic N) is 1. The van der Waals surface area contributed by atoms with Gasteiger partial charge in [-0.05, 0) is 25.0 Å². The summed E-state index contributed by atoms with van der Waals surface area (Å²) >= 11 is 0. The number of carbonyl (C=O) groups excluding carboxylic acids is 1. The van der Waals surface area contributed by atoms with Crippen LogP contribution in [-0.4, -0.2) is 10.9 Å². The SMILES string of the molecule is CC(C)C(=O)Nc1ccc(-c2c(C(F)(F)F)oc3c2CCC3)cn1.